The monoisotopic (exact) mass is 300 g/mol. The number of carbonyl (C=O) groups excluding carboxylic acids is 1. The van der Waals surface area contributed by atoms with Gasteiger partial charge in [0, 0.05) is 30.6 Å². The van der Waals surface area contributed by atoms with Gasteiger partial charge in [-0.15, -0.1) is 11.3 Å². The van der Waals surface area contributed by atoms with E-state index in [-0.39, 0.29) is 5.91 Å². The van der Waals surface area contributed by atoms with Crippen LogP contribution in [-0.4, -0.2) is 28.4 Å². The fourth-order valence-electron chi connectivity index (χ4n) is 2.47. The first-order valence-electron chi connectivity index (χ1n) is 7.46. The Bertz CT molecular complexity index is 588. The molecule has 0 radical (unpaired) electrons. The molecule has 0 saturated heterocycles. The Balaban J connectivity index is 1.60. The molecule has 3 nitrogen and oxygen atoms in total. The van der Waals surface area contributed by atoms with E-state index in [1.807, 2.05) is 11.6 Å². The number of carbonyl (C=O) groups is 1. The molecule has 2 aromatic rings. The lowest BCUT2D eigenvalue weighted by molar-refractivity contribution is -0.131. The molecule has 1 aliphatic carbocycles. The maximum Gasteiger partial charge on any atom is 0.227 e. The van der Waals surface area contributed by atoms with Gasteiger partial charge in [-0.2, -0.15) is 0 Å². The Hall–Kier alpha value is -1.68. The van der Waals surface area contributed by atoms with Crippen molar-refractivity contribution in [3.8, 4) is 0 Å². The number of hydrogen-bond acceptors (Lipinski definition) is 3. The van der Waals surface area contributed by atoms with Crippen LogP contribution >= 0.6 is 11.3 Å². The average molecular weight is 300 g/mol. The Morgan fingerprint density at radius 3 is 2.71 bits per heavy atom. The largest absolute Gasteiger partial charge is 0.339 e. The number of benzene rings is 1. The van der Waals surface area contributed by atoms with Crippen molar-refractivity contribution in [2.24, 2.45) is 0 Å². The second-order valence-electron chi connectivity index (χ2n) is 5.66. The third-order valence-electron chi connectivity index (χ3n) is 3.83. The highest BCUT2D eigenvalue weighted by molar-refractivity contribution is 7.09. The molecule has 1 heterocycles. The summed E-state index contributed by atoms with van der Waals surface area (Å²) in [5, 5.41) is 3.11. The van der Waals surface area contributed by atoms with E-state index in [9.17, 15) is 4.79 Å². The fourth-order valence-corrected chi connectivity index (χ4v) is 3.08. The number of amides is 1. The summed E-state index contributed by atoms with van der Waals surface area (Å²) in [6.07, 6.45) is 5.51. The van der Waals surface area contributed by atoms with Crippen LogP contribution in [0.25, 0.3) is 0 Å². The molecule has 0 spiro atoms. The first-order valence-corrected chi connectivity index (χ1v) is 8.34. The van der Waals surface area contributed by atoms with Gasteiger partial charge in [-0.1, -0.05) is 29.8 Å². The molecule has 1 amide bonds. The zero-order chi connectivity index (χ0) is 14.7. The molecule has 3 rings (SSSR count). The SMILES string of the molecule is Cc1ccc(CC(=O)N(CCc2nccs2)C2CC2)cc1. The lowest BCUT2D eigenvalue weighted by Gasteiger charge is -2.22. The first kappa shape index (κ1) is 14.3. The number of thiazole rings is 1. The predicted molar refractivity (Wildman–Crippen MR) is 85.4 cm³/mol. The zero-order valence-corrected chi connectivity index (χ0v) is 13.1. The quantitative estimate of drug-likeness (QED) is 0.820. The van der Waals surface area contributed by atoms with Crippen molar-refractivity contribution < 1.29 is 4.79 Å². The van der Waals surface area contributed by atoms with E-state index in [2.05, 4.69) is 41.1 Å². The number of rotatable bonds is 6. The van der Waals surface area contributed by atoms with E-state index < -0.39 is 0 Å². The smallest absolute Gasteiger partial charge is 0.227 e. The molecule has 0 atom stereocenters. The summed E-state index contributed by atoms with van der Waals surface area (Å²) in [7, 11) is 0. The molecule has 0 aliphatic heterocycles. The van der Waals surface area contributed by atoms with Crippen LogP contribution in [0.4, 0.5) is 0 Å². The summed E-state index contributed by atoms with van der Waals surface area (Å²) < 4.78 is 0. The fraction of sp³-hybridized carbons (Fsp3) is 0.412. The molecule has 110 valence electrons. The first-order chi connectivity index (χ1) is 10.2. The van der Waals surface area contributed by atoms with Crippen molar-refractivity contribution in [2.75, 3.05) is 6.54 Å². The van der Waals surface area contributed by atoms with E-state index in [1.54, 1.807) is 11.3 Å². The van der Waals surface area contributed by atoms with Crippen LogP contribution in [0.2, 0.25) is 0 Å². The van der Waals surface area contributed by atoms with E-state index >= 15 is 0 Å². The van der Waals surface area contributed by atoms with Gasteiger partial charge in [-0.3, -0.25) is 4.79 Å². The van der Waals surface area contributed by atoms with Gasteiger partial charge in [-0.05, 0) is 25.3 Å². The third-order valence-corrected chi connectivity index (χ3v) is 4.67. The number of hydrogen-bond donors (Lipinski definition) is 0. The molecule has 1 aromatic heterocycles. The highest BCUT2D eigenvalue weighted by atomic mass is 32.1. The summed E-state index contributed by atoms with van der Waals surface area (Å²) in [5.41, 5.74) is 2.33. The van der Waals surface area contributed by atoms with Crippen LogP contribution in [0.3, 0.4) is 0 Å². The van der Waals surface area contributed by atoms with E-state index in [0.29, 0.717) is 12.5 Å². The van der Waals surface area contributed by atoms with Gasteiger partial charge in [-0.25, -0.2) is 4.98 Å². The van der Waals surface area contributed by atoms with Gasteiger partial charge in [0.15, 0.2) is 0 Å². The Morgan fingerprint density at radius 1 is 1.33 bits per heavy atom. The summed E-state index contributed by atoms with van der Waals surface area (Å²) >= 11 is 1.67. The van der Waals surface area contributed by atoms with Gasteiger partial charge < -0.3 is 4.90 Å². The van der Waals surface area contributed by atoms with Crippen molar-refractivity contribution in [1.29, 1.82) is 0 Å². The molecular weight excluding hydrogens is 280 g/mol. The predicted octanol–water partition coefficient (Wildman–Crippen LogP) is 3.23. The molecular formula is C17H20N2OS. The Kier molecular flexibility index (Phi) is 4.34. The molecule has 1 aromatic carbocycles. The molecule has 0 unspecified atom stereocenters. The normalized spacial score (nSPS) is 14.1. The third kappa shape index (κ3) is 3.91. The van der Waals surface area contributed by atoms with Crippen LogP contribution in [0.1, 0.15) is 29.0 Å². The van der Waals surface area contributed by atoms with Crippen molar-refractivity contribution in [3.63, 3.8) is 0 Å². The second kappa shape index (κ2) is 6.39. The summed E-state index contributed by atoms with van der Waals surface area (Å²) in [6, 6.07) is 8.71. The summed E-state index contributed by atoms with van der Waals surface area (Å²) in [4.78, 5) is 18.9. The van der Waals surface area contributed by atoms with Crippen LogP contribution in [0.15, 0.2) is 35.8 Å². The zero-order valence-electron chi connectivity index (χ0n) is 12.3. The van der Waals surface area contributed by atoms with Gasteiger partial charge in [0.2, 0.25) is 5.91 Å². The molecule has 1 aliphatic rings. The van der Waals surface area contributed by atoms with Crippen molar-refractivity contribution in [1.82, 2.24) is 9.88 Å². The van der Waals surface area contributed by atoms with Gasteiger partial charge in [0.25, 0.3) is 0 Å². The minimum absolute atomic E-state index is 0.248. The molecule has 0 N–H and O–H groups in total. The van der Waals surface area contributed by atoms with E-state index in [0.717, 1.165) is 36.4 Å². The minimum Gasteiger partial charge on any atom is -0.339 e. The van der Waals surface area contributed by atoms with Gasteiger partial charge in [0.05, 0.1) is 11.4 Å². The van der Waals surface area contributed by atoms with Crippen molar-refractivity contribution in [2.45, 2.75) is 38.6 Å². The summed E-state index contributed by atoms with van der Waals surface area (Å²) in [6.45, 7) is 2.86. The topological polar surface area (TPSA) is 33.2 Å². The molecule has 1 saturated carbocycles. The maximum absolute atomic E-state index is 12.5. The molecule has 21 heavy (non-hydrogen) atoms. The number of aryl methyl sites for hydroxylation is 1. The van der Waals surface area contributed by atoms with Crippen molar-refractivity contribution >= 4 is 17.2 Å². The van der Waals surface area contributed by atoms with Crippen LogP contribution in [0, 0.1) is 6.92 Å². The second-order valence-corrected chi connectivity index (χ2v) is 6.64. The lowest BCUT2D eigenvalue weighted by atomic mass is 10.1. The van der Waals surface area contributed by atoms with Crippen LogP contribution in [0.5, 0.6) is 0 Å². The molecule has 4 heteroatoms. The average Bonchev–Trinajstić information content (AvgIpc) is 3.17. The highest BCUT2D eigenvalue weighted by Gasteiger charge is 2.32. The molecule has 1 fully saturated rings. The van der Waals surface area contributed by atoms with Gasteiger partial charge in [0.1, 0.15) is 0 Å². The minimum atomic E-state index is 0.248. The highest BCUT2D eigenvalue weighted by Crippen LogP contribution is 2.27. The Morgan fingerprint density at radius 2 is 2.10 bits per heavy atom. The van der Waals surface area contributed by atoms with Gasteiger partial charge >= 0.3 is 0 Å². The standard InChI is InChI=1S/C17H20N2OS/c1-13-2-4-14(5-3-13)12-17(20)19(15-6-7-15)10-8-16-18-9-11-21-16/h2-5,9,11,15H,6-8,10,12H2,1H3. The van der Waals surface area contributed by atoms with Crippen molar-refractivity contribution in [3.05, 3.63) is 52.0 Å². The van der Waals surface area contributed by atoms with E-state index in [4.69, 9.17) is 0 Å². The van der Waals surface area contributed by atoms with Crippen LogP contribution < -0.4 is 0 Å². The lowest BCUT2D eigenvalue weighted by Crippen LogP contribution is -2.36. The van der Waals surface area contributed by atoms with E-state index in [1.165, 1.54) is 5.56 Å². The maximum atomic E-state index is 12.5. The summed E-state index contributed by atoms with van der Waals surface area (Å²) in [5.74, 6) is 0.248. The molecule has 0 bridgehead atoms. The van der Waals surface area contributed by atoms with Crippen LogP contribution in [-0.2, 0) is 17.6 Å². The number of aromatic nitrogens is 1. The Labute approximate surface area is 129 Å². The number of nitrogens with zero attached hydrogens (tertiary/aromatic N) is 2.